The monoisotopic (exact) mass is 341 g/mol. The fourth-order valence-corrected chi connectivity index (χ4v) is 3.25. The van der Waals surface area contributed by atoms with E-state index in [0.717, 1.165) is 16.2 Å². The van der Waals surface area contributed by atoms with Gasteiger partial charge < -0.3 is 9.72 Å². The van der Waals surface area contributed by atoms with Crippen LogP contribution in [0.3, 0.4) is 0 Å². The molecule has 0 aliphatic heterocycles. The number of rotatable bonds is 8. The fraction of sp³-hybridized carbons (Fsp3) is 0.278. The molecule has 3 heterocycles. The van der Waals surface area contributed by atoms with Gasteiger partial charge in [-0.3, -0.25) is 9.59 Å². The molecule has 3 aromatic rings. The Bertz CT molecular complexity index is 824. The first-order chi connectivity index (χ1) is 11.7. The summed E-state index contributed by atoms with van der Waals surface area (Å²) in [6, 6.07) is 9.62. The molecule has 0 aliphatic rings. The van der Waals surface area contributed by atoms with E-state index in [-0.39, 0.29) is 11.7 Å². The normalized spacial score (nSPS) is 10.8. The quantitative estimate of drug-likeness (QED) is 0.640. The number of nitrogens with one attached hydrogen (secondary N) is 1. The van der Waals surface area contributed by atoms with Gasteiger partial charge in [0.1, 0.15) is 5.82 Å². The number of amides is 1. The molecule has 0 aliphatic carbocycles. The van der Waals surface area contributed by atoms with Crippen LogP contribution in [-0.2, 0) is 11.2 Å². The molecule has 0 saturated heterocycles. The highest BCUT2D eigenvalue weighted by Crippen LogP contribution is 2.13. The van der Waals surface area contributed by atoms with Gasteiger partial charge in [0, 0.05) is 32.0 Å². The molecule has 0 fully saturated rings. The first-order valence-electron chi connectivity index (χ1n) is 7.98. The number of fused-ring (bicyclic) bond motifs is 1. The van der Waals surface area contributed by atoms with E-state index in [0.29, 0.717) is 32.2 Å². The second-order valence-electron chi connectivity index (χ2n) is 5.52. The van der Waals surface area contributed by atoms with Crippen LogP contribution in [0.15, 0.2) is 48.1 Å². The molecule has 0 atom stereocenters. The zero-order chi connectivity index (χ0) is 16.8. The Morgan fingerprint density at radius 3 is 2.92 bits per heavy atom. The lowest BCUT2D eigenvalue weighted by Crippen LogP contribution is -2.26. The van der Waals surface area contributed by atoms with Gasteiger partial charge in [0.15, 0.2) is 5.78 Å². The molecule has 24 heavy (non-hydrogen) atoms. The lowest BCUT2D eigenvalue weighted by molar-refractivity contribution is -0.121. The van der Waals surface area contributed by atoms with Gasteiger partial charge in [-0.05, 0) is 30.0 Å². The first kappa shape index (κ1) is 16.4. The minimum absolute atomic E-state index is 0.0187. The van der Waals surface area contributed by atoms with Crippen LogP contribution in [-0.4, -0.2) is 27.6 Å². The predicted octanol–water partition coefficient (Wildman–Crippen LogP) is 3.11. The van der Waals surface area contributed by atoms with E-state index in [9.17, 15) is 9.59 Å². The van der Waals surface area contributed by atoms with Crippen molar-refractivity contribution in [1.82, 2.24) is 14.7 Å². The maximum atomic E-state index is 11.9. The molecule has 124 valence electrons. The van der Waals surface area contributed by atoms with Gasteiger partial charge in [-0.15, -0.1) is 11.3 Å². The predicted molar refractivity (Wildman–Crippen MR) is 94.4 cm³/mol. The summed E-state index contributed by atoms with van der Waals surface area (Å²) >= 11 is 1.44. The number of nitrogens with zero attached hydrogens (tertiary/aromatic N) is 2. The number of carbonyl (C=O) groups is 2. The minimum atomic E-state index is -0.0187. The standard InChI is InChI=1S/C18H19N3O2S/c22-15(16-7-4-12-24-16)6-3-8-18(23)19-10-9-17-20-13-14-5-1-2-11-21(14)17/h1-2,4-5,7,11-13H,3,6,8-10H2,(H,19,23). The van der Waals surface area contributed by atoms with Gasteiger partial charge in [-0.25, -0.2) is 4.98 Å². The Labute approximate surface area is 144 Å². The largest absolute Gasteiger partial charge is 0.356 e. The Balaban J connectivity index is 1.37. The van der Waals surface area contributed by atoms with Gasteiger partial charge in [-0.2, -0.15) is 0 Å². The van der Waals surface area contributed by atoms with E-state index in [1.54, 1.807) is 0 Å². The molecule has 3 rings (SSSR count). The maximum absolute atomic E-state index is 11.9. The number of pyridine rings is 1. The molecule has 5 nitrogen and oxygen atoms in total. The van der Waals surface area contributed by atoms with Crippen molar-refractivity contribution in [2.45, 2.75) is 25.7 Å². The number of ketones is 1. The van der Waals surface area contributed by atoms with Gasteiger partial charge in [0.05, 0.1) is 16.6 Å². The van der Waals surface area contributed by atoms with E-state index in [1.807, 2.05) is 52.5 Å². The lowest BCUT2D eigenvalue weighted by Gasteiger charge is -2.05. The van der Waals surface area contributed by atoms with Crippen molar-refractivity contribution in [3.63, 3.8) is 0 Å². The van der Waals surface area contributed by atoms with Crippen molar-refractivity contribution in [3.05, 3.63) is 58.8 Å². The highest BCUT2D eigenvalue weighted by Gasteiger charge is 2.09. The van der Waals surface area contributed by atoms with Gasteiger partial charge >= 0.3 is 0 Å². The summed E-state index contributed by atoms with van der Waals surface area (Å²) in [5.74, 6) is 1.02. The van der Waals surface area contributed by atoms with E-state index in [1.165, 1.54) is 11.3 Å². The molecule has 3 aromatic heterocycles. The second kappa shape index (κ2) is 7.88. The van der Waals surface area contributed by atoms with Crippen LogP contribution < -0.4 is 5.32 Å². The third-order valence-electron chi connectivity index (χ3n) is 3.79. The number of imidazole rings is 1. The van der Waals surface area contributed by atoms with Crippen LogP contribution in [0.25, 0.3) is 5.52 Å². The summed E-state index contributed by atoms with van der Waals surface area (Å²) in [6.45, 7) is 0.547. The lowest BCUT2D eigenvalue weighted by atomic mass is 10.1. The Kier molecular flexibility index (Phi) is 5.38. The van der Waals surface area contributed by atoms with Gasteiger partial charge in [0.2, 0.25) is 5.91 Å². The fourth-order valence-electron chi connectivity index (χ4n) is 2.56. The molecular weight excluding hydrogens is 322 g/mol. The van der Waals surface area contributed by atoms with Gasteiger partial charge in [0.25, 0.3) is 0 Å². The summed E-state index contributed by atoms with van der Waals surface area (Å²) in [5.41, 5.74) is 1.05. The van der Waals surface area contributed by atoms with E-state index >= 15 is 0 Å². The molecule has 1 amide bonds. The van der Waals surface area contributed by atoms with Crippen molar-refractivity contribution in [1.29, 1.82) is 0 Å². The number of carbonyl (C=O) groups excluding carboxylic acids is 2. The Morgan fingerprint density at radius 2 is 2.08 bits per heavy atom. The number of hydrogen-bond acceptors (Lipinski definition) is 4. The summed E-state index contributed by atoms with van der Waals surface area (Å²) in [5, 5.41) is 4.78. The van der Waals surface area contributed by atoms with E-state index in [4.69, 9.17) is 0 Å². The topological polar surface area (TPSA) is 63.5 Å². The Morgan fingerprint density at radius 1 is 1.17 bits per heavy atom. The third kappa shape index (κ3) is 4.08. The summed E-state index contributed by atoms with van der Waals surface area (Å²) < 4.78 is 2.02. The molecule has 1 N–H and O–H groups in total. The smallest absolute Gasteiger partial charge is 0.220 e. The Hall–Kier alpha value is -2.47. The summed E-state index contributed by atoms with van der Waals surface area (Å²) in [4.78, 5) is 28.8. The van der Waals surface area contributed by atoms with Crippen LogP contribution in [0.4, 0.5) is 0 Å². The number of Topliss-reactive ketones (excluding diaryl/α,β-unsaturated/α-hetero) is 1. The number of thiophene rings is 1. The third-order valence-corrected chi connectivity index (χ3v) is 4.70. The van der Waals surface area contributed by atoms with Crippen LogP contribution in [0, 0.1) is 0 Å². The molecule has 0 spiro atoms. The molecule has 0 unspecified atom stereocenters. The van der Waals surface area contributed by atoms with Crippen LogP contribution >= 0.6 is 11.3 Å². The minimum Gasteiger partial charge on any atom is -0.356 e. The van der Waals surface area contributed by atoms with Gasteiger partial charge in [-0.1, -0.05) is 12.1 Å². The zero-order valence-electron chi connectivity index (χ0n) is 13.3. The molecule has 0 radical (unpaired) electrons. The molecular formula is C18H19N3O2S. The molecule has 0 bridgehead atoms. The van der Waals surface area contributed by atoms with Crippen molar-refractivity contribution in [3.8, 4) is 0 Å². The average molecular weight is 341 g/mol. The molecule has 0 aromatic carbocycles. The average Bonchev–Trinajstić information content (AvgIpc) is 3.25. The van der Waals surface area contributed by atoms with Crippen molar-refractivity contribution in [2.24, 2.45) is 0 Å². The SMILES string of the molecule is O=C(CCCC(=O)c1cccs1)NCCc1ncc2ccccn12. The summed E-state index contributed by atoms with van der Waals surface area (Å²) in [6.07, 6.45) is 5.84. The van der Waals surface area contributed by atoms with E-state index in [2.05, 4.69) is 10.3 Å². The maximum Gasteiger partial charge on any atom is 0.220 e. The molecule has 6 heteroatoms. The highest BCUT2D eigenvalue weighted by molar-refractivity contribution is 7.12. The number of aromatic nitrogens is 2. The zero-order valence-corrected chi connectivity index (χ0v) is 14.1. The van der Waals surface area contributed by atoms with E-state index < -0.39 is 0 Å². The van der Waals surface area contributed by atoms with Crippen LogP contribution in [0.1, 0.15) is 34.8 Å². The van der Waals surface area contributed by atoms with Crippen molar-refractivity contribution in [2.75, 3.05) is 6.54 Å². The van der Waals surface area contributed by atoms with Crippen molar-refractivity contribution >= 4 is 28.5 Å². The van der Waals surface area contributed by atoms with Crippen LogP contribution in [0.2, 0.25) is 0 Å². The highest BCUT2D eigenvalue weighted by atomic mass is 32.1. The summed E-state index contributed by atoms with van der Waals surface area (Å²) in [7, 11) is 0. The first-order valence-corrected chi connectivity index (χ1v) is 8.86. The second-order valence-corrected chi connectivity index (χ2v) is 6.47. The molecule has 0 saturated carbocycles. The van der Waals surface area contributed by atoms with Crippen molar-refractivity contribution < 1.29 is 9.59 Å². The van der Waals surface area contributed by atoms with Crippen LogP contribution in [0.5, 0.6) is 0 Å². The number of hydrogen-bond donors (Lipinski definition) is 1.